The number of nitrogens with zero attached hydrogens (tertiary/aromatic N) is 6. The van der Waals surface area contributed by atoms with Crippen LogP contribution in [-0.4, -0.2) is 119 Å². The number of hydrazine groups is 1. The van der Waals surface area contributed by atoms with Crippen LogP contribution in [0.15, 0.2) is 53.2 Å². The number of carbonyl (C=O) groups is 4. The van der Waals surface area contributed by atoms with Gasteiger partial charge in [0.2, 0.25) is 0 Å². The molecular weight excluding hydrogens is 809 g/mol. The number of cyclic esters (lactones) is 1. The van der Waals surface area contributed by atoms with Crippen LogP contribution >= 0.6 is 11.3 Å². The summed E-state index contributed by atoms with van der Waals surface area (Å²) in [6, 6.07) is 8.19. The lowest BCUT2D eigenvalue weighted by molar-refractivity contribution is -0.157. The van der Waals surface area contributed by atoms with E-state index in [0.717, 1.165) is 44.7 Å². The summed E-state index contributed by atoms with van der Waals surface area (Å²) in [5.74, 6) is -1.59. The molecule has 16 heteroatoms. The van der Waals surface area contributed by atoms with Crippen LogP contribution in [0.25, 0.3) is 33.4 Å². The highest BCUT2D eigenvalue weighted by molar-refractivity contribution is 7.10. The molecule has 0 unspecified atom stereocenters. The van der Waals surface area contributed by atoms with Crippen LogP contribution in [0.4, 0.5) is 4.79 Å². The Balaban J connectivity index is 1.31. The van der Waals surface area contributed by atoms with Crippen molar-refractivity contribution in [2.24, 2.45) is 11.3 Å². The second kappa shape index (κ2) is 18.3. The third-order valence-corrected chi connectivity index (χ3v) is 13.2. The molecular formula is C46H60N8O7S. The SMILES string of the molecule is CCn1c(-c2cccnc2[C@H](C)OC)c2c3cc(ccc31)-c1csc(n1)C[C@H](NC(=O)C(=C(C)C)N(C)C(=O)N1CC(OC)C1)C(=O)N1CC[C@H](C)[C@H](N1)C(=O)OCC(C)(C)C2. The van der Waals surface area contributed by atoms with Gasteiger partial charge in [-0.2, -0.15) is 0 Å². The van der Waals surface area contributed by atoms with Gasteiger partial charge in [0, 0.05) is 79.8 Å². The zero-order valence-electron chi connectivity index (χ0n) is 37.5. The summed E-state index contributed by atoms with van der Waals surface area (Å²) in [4.78, 5) is 69.1. The van der Waals surface area contributed by atoms with E-state index in [1.807, 2.05) is 25.3 Å². The van der Waals surface area contributed by atoms with E-state index in [1.54, 1.807) is 46.2 Å². The van der Waals surface area contributed by atoms with Crippen molar-refractivity contribution in [3.63, 3.8) is 0 Å². The molecule has 3 aliphatic heterocycles. The highest BCUT2D eigenvalue weighted by Crippen LogP contribution is 2.42. The first-order valence-electron chi connectivity index (χ1n) is 21.4. The van der Waals surface area contributed by atoms with Crippen molar-refractivity contribution in [3.05, 3.63) is 69.4 Å². The van der Waals surface area contributed by atoms with Gasteiger partial charge < -0.3 is 29.0 Å². The van der Waals surface area contributed by atoms with Gasteiger partial charge in [-0.3, -0.25) is 29.3 Å². The predicted octanol–water partition coefficient (Wildman–Crippen LogP) is 6.12. The molecule has 4 atom stereocenters. The minimum atomic E-state index is -1.09. The van der Waals surface area contributed by atoms with Gasteiger partial charge in [0.25, 0.3) is 11.8 Å². The van der Waals surface area contributed by atoms with E-state index in [2.05, 4.69) is 60.3 Å². The second-order valence-electron chi connectivity index (χ2n) is 17.7. The van der Waals surface area contributed by atoms with Crippen LogP contribution in [0.2, 0.25) is 0 Å². The van der Waals surface area contributed by atoms with E-state index in [4.69, 9.17) is 24.2 Å². The van der Waals surface area contributed by atoms with E-state index in [0.29, 0.717) is 49.6 Å². The van der Waals surface area contributed by atoms with Crippen LogP contribution in [0.1, 0.15) is 77.3 Å². The van der Waals surface area contributed by atoms with Crippen LogP contribution in [0, 0.1) is 11.3 Å². The number of allylic oxidation sites excluding steroid dienone is 1. The molecule has 0 spiro atoms. The highest BCUT2D eigenvalue weighted by atomic mass is 32.1. The van der Waals surface area contributed by atoms with E-state index in [9.17, 15) is 19.2 Å². The fourth-order valence-electron chi connectivity index (χ4n) is 8.75. The Kier molecular flexibility index (Phi) is 13.2. The molecule has 2 N–H and O–H groups in total. The maximum atomic E-state index is 14.6. The van der Waals surface area contributed by atoms with E-state index in [1.165, 1.54) is 21.2 Å². The molecule has 0 radical (unpaired) electrons. The number of aromatic nitrogens is 3. The Morgan fingerprint density at radius 2 is 1.92 bits per heavy atom. The first kappa shape index (κ1) is 44.9. The Morgan fingerprint density at radius 1 is 1.16 bits per heavy atom. The monoisotopic (exact) mass is 868 g/mol. The van der Waals surface area contributed by atoms with E-state index >= 15 is 0 Å². The third kappa shape index (κ3) is 8.87. The van der Waals surface area contributed by atoms with Crippen LogP contribution in [-0.2, 0) is 48.0 Å². The lowest BCUT2D eigenvalue weighted by atomic mass is 9.84. The number of likely N-dealkylation sites (tertiary alicyclic amines) is 1. The molecule has 332 valence electrons. The van der Waals surface area contributed by atoms with Crippen molar-refractivity contribution < 1.29 is 33.4 Å². The smallest absolute Gasteiger partial charge is 0.325 e. The average molecular weight is 869 g/mol. The summed E-state index contributed by atoms with van der Waals surface area (Å²) in [5, 5.41) is 8.06. The number of likely N-dealkylation sites (N-methyl/N-ethyl adjacent to an activating group) is 1. The Morgan fingerprint density at radius 3 is 2.61 bits per heavy atom. The summed E-state index contributed by atoms with van der Waals surface area (Å²) in [6.45, 7) is 15.8. The van der Waals surface area contributed by atoms with Crippen LogP contribution in [0.5, 0.6) is 0 Å². The Hall–Kier alpha value is -5.16. The van der Waals surface area contributed by atoms with Crippen molar-refractivity contribution in [1.82, 2.24) is 40.1 Å². The molecule has 4 amide bonds. The van der Waals surface area contributed by atoms with Crippen LogP contribution in [0.3, 0.4) is 0 Å². The zero-order valence-corrected chi connectivity index (χ0v) is 38.4. The van der Waals surface area contributed by atoms with Crippen molar-refractivity contribution in [2.75, 3.05) is 47.5 Å². The van der Waals surface area contributed by atoms with Gasteiger partial charge in [0.1, 0.15) is 17.8 Å². The van der Waals surface area contributed by atoms with Crippen molar-refractivity contribution in [2.45, 2.75) is 98.6 Å². The summed E-state index contributed by atoms with van der Waals surface area (Å²) in [6.07, 6.45) is 2.68. The van der Waals surface area contributed by atoms with Gasteiger partial charge in [-0.05, 0) is 81.9 Å². The van der Waals surface area contributed by atoms with Crippen molar-refractivity contribution in [3.8, 4) is 22.5 Å². The molecule has 7 rings (SSSR count). The number of amides is 4. The molecule has 6 bridgehead atoms. The van der Waals surface area contributed by atoms with Gasteiger partial charge in [-0.25, -0.2) is 15.2 Å². The molecule has 4 aromatic rings. The number of hydrogen-bond donors (Lipinski definition) is 2. The fraction of sp³-hybridized carbons (Fsp3) is 0.522. The van der Waals surface area contributed by atoms with Gasteiger partial charge in [0.15, 0.2) is 0 Å². The summed E-state index contributed by atoms with van der Waals surface area (Å²) in [7, 11) is 4.85. The highest BCUT2D eigenvalue weighted by Gasteiger charge is 2.40. The number of fused-ring (bicyclic) bond motifs is 6. The molecule has 2 saturated heterocycles. The van der Waals surface area contributed by atoms with Crippen LogP contribution < -0.4 is 10.7 Å². The number of nitrogens with one attached hydrogen (secondary N) is 2. The zero-order chi connectivity index (χ0) is 44.6. The molecule has 3 aliphatic rings. The molecule has 1 aromatic carbocycles. The summed E-state index contributed by atoms with van der Waals surface area (Å²) >= 11 is 1.41. The molecule has 15 nitrogen and oxygen atoms in total. The van der Waals surface area contributed by atoms with E-state index in [-0.39, 0.29) is 42.9 Å². The number of pyridine rings is 1. The second-order valence-corrected chi connectivity index (χ2v) is 18.7. The number of rotatable bonds is 8. The minimum absolute atomic E-state index is 0.0550. The number of methoxy groups -OCH3 is 2. The first-order valence-corrected chi connectivity index (χ1v) is 22.3. The number of hydrogen-bond acceptors (Lipinski definition) is 11. The normalized spacial score (nSPS) is 21.2. The maximum absolute atomic E-state index is 14.6. The first-order chi connectivity index (χ1) is 29.5. The van der Waals surface area contributed by atoms with Crippen molar-refractivity contribution in [1.29, 1.82) is 0 Å². The van der Waals surface area contributed by atoms with Gasteiger partial charge in [-0.15, -0.1) is 11.3 Å². The average Bonchev–Trinajstić information content (AvgIpc) is 3.82. The quantitative estimate of drug-likeness (QED) is 0.156. The molecule has 62 heavy (non-hydrogen) atoms. The number of benzene rings is 1. The van der Waals surface area contributed by atoms with Gasteiger partial charge in [-0.1, -0.05) is 26.8 Å². The van der Waals surface area contributed by atoms with Gasteiger partial charge in [0.05, 0.1) is 54.0 Å². The van der Waals surface area contributed by atoms with E-state index < -0.39 is 35.3 Å². The lowest BCUT2D eigenvalue weighted by Crippen LogP contribution is -2.63. The number of urea groups is 1. The fourth-order valence-corrected chi connectivity index (χ4v) is 9.60. The number of thiazole rings is 1. The molecule has 2 fully saturated rings. The summed E-state index contributed by atoms with van der Waals surface area (Å²) in [5.41, 5.74) is 10.1. The molecule has 0 saturated carbocycles. The largest absolute Gasteiger partial charge is 0.464 e. The number of aryl methyl sites for hydroxylation is 1. The molecule has 6 heterocycles. The van der Waals surface area contributed by atoms with Gasteiger partial charge >= 0.3 is 12.0 Å². The standard InChI is InChI=1S/C46H60N8O7S/c1-11-53-36-15-14-29-19-32(36)33(41(53)31-13-12-17-47-39(31)28(5)59-9)21-46(6,7)25-61-44(57)38-27(4)16-18-54(50-38)43(56)34(20-37-48-35(29)24-62-37)49-42(55)40(26(2)3)51(8)45(58)52-22-30(23-52)60-10/h12-15,17,19,24,27-28,30,34,38,50H,11,16,18,20-23,25H2,1-10H3,(H,49,55)/t27-,28-,34-,38-/m0/s1. The Bertz CT molecular complexity index is 2380. The number of esters is 1. The predicted molar refractivity (Wildman–Crippen MR) is 238 cm³/mol. The Labute approximate surface area is 367 Å². The molecule has 3 aromatic heterocycles. The summed E-state index contributed by atoms with van der Waals surface area (Å²) < 4.78 is 19.6. The maximum Gasteiger partial charge on any atom is 0.325 e. The lowest BCUT2D eigenvalue weighted by Gasteiger charge is -2.40. The number of ether oxygens (including phenoxy) is 3. The minimum Gasteiger partial charge on any atom is -0.464 e. The van der Waals surface area contributed by atoms with Crippen molar-refractivity contribution >= 4 is 46.1 Å². The molecule has 0 aliphatic carbocycles. The topological polar surface area (TPSA) is 160 Å². The number of carbonyl (C=O) groups excluding carboxylic acids is 4. The third-order valence-electron chi connectivity index (χ3n) is 12.4.